The summed E-state index contributed by atoms with van der Waals surface area (Å²) in [6.45, 7) is 1.49. The van der Waals surface area contributed by atoms with Gasteiger partial charge in [-0.05, 0) is 23.8 Å². The van der Waals surface area contributed by atoms with Gasteiger partial charge in [0.05, 0.1) is 0 Å². The standard InChI is InChI=1S/C14H13NO3/c1-9(14(17)18)15-8-12-11-5-3-2-4-10(11)6-7-13(12)16/h2-9,16H,1H3,(H,17,18)/t9-/m0/s1. The highest BCUT2D eigenvalue weighted by molar-refractivity contribution is 6.02. The first-order chi connectivity index (χ1) is 8.59. The second-order valence-electron chi connectivity index (χ2n) is 4.01. The molecule has 18 heavy (non-hydrogen) atoms. The third-order valence-corrected chi connectivity index (χ3v) is 2.73. The number of phenolic OH excluding ortho intramolecular Hbond substituents is 1. The molecule has 0 aliphatic carbocycles. The van der Waals surface area contributed by atoms with Crippen LogP contribution in [0.3, 0.4) is 0 Å². The molecule has 4 nitrogen and oxygen atoms in total. The normalized spacial score (nSPS) is 12.9. The molecule has 2 rings (SSSR count). The lowest BCUT2D eigenvalue weighted by Gasteiger charge is -2.05. The van der Waals surface area contributed by atoms with Gasteiger partial charge in [0.15, 0.2) is 0 Å². The van der Waals surface area contributed by atoms with Gasteiger partial charge < -0.3 is 10.2 Å². The van der Waals surface area contributed by atoms with Gasteiger partial charge in [0, 0.05) is 11.8 Å². The predicted octanol–water partition coefficient (Wildman–Crippen LogP) is 2.44. The Hall–Kier alpha value is -2.36. The molecule has 0 unspecified atom stereocenters. The van der Waals surface area contributed by atoms with Gasteiger partial charge >= 0.3 is 5.97 Å². The lowest BCUT2D eigenvalue weighted by Crippen LogP contribution is -2.13. The summed E-state index contributed by atoms with van der Waals surface area (Å²) in [5.41, 5.74) is 0.543. The van der Waals surface area contributed by atoms with Crippen LogP contribution in [0.2, 0.25) is 0 Å². The summed E-state index contributed by atoms with van der Waals surface area (Å²) in [4.78, 5) is 14.6. The fourth-order valence-corrected chi connectivity index (χ4v) is 1.67. The first-order valence-electron chi connectivity index (χ1n) is 5.56. The van der Waals surface area contributed by atoms with Crippen molar-refractivity contribution in [3.05, 3.63) is 42.0 Å². The fourth-order valence-electron chi connectivity index (χ4n) is 1.67. The number of carboxylic acids is 1. The fraction of sp³-hybridized carbons (Fsp3) is 0.143. The number of hydrogen-bond acceptors (Lipinski definition) is 3. The van der Waals surface area contributed by atoms with Crippen molar-refractivity contribution in [1.29, 1.82) is 0 Å². The van der Waals surface area contributed by atoms with E-state index in [0.29, 0.717) is 5.56 Å². The van der Waals surface area contributed by atoms with Crippen LogP contribution in [0.5, 0.6) is 5.75 Å². The van der Waals surface area contributed by atoms with Gasteiger partial charge in [0.25, 0.3) is 0 Å². The van der Waals surface area contributed by atoms with E-state index < -0.39 is 12.0 Å². The van der Waals surface area contributed by atoms with E-state index in [1.165, 1.54) is 13.1 Å². The Morgan fingerprint density at radius 3 is 2.72 bits per heavy atom. The number of hydrogen-bond donors (Lipinski definition) is 2. The van der Waals surface area contributed by atoms with Crippen molar-refractivity contribution >= 4 is 23.0 Å². The van der Waals surface area contributed by atoms with E-state index in [9.17, 15) is 9.90 Å². The summed E-state index contributed by atoms with van der Waals surface area (Å²) >= 11 is 0. The zero-order valence-corrected chi connectivity index (χ0v) is 9.87. The van der Waals surface area contributed by atoms with E-state index in [-0.39, 0.29) is 5.75 Å². The quantitative estimate of drug-likeness (QED) is 0.813. The molecule has 0 aliphatic heterocycles. The molecule has 0 fully saturated rings. The average Bonchev–Trinajstić information content (AvgIpc) is 2.37. The highest BCUT2D eigenvalue weighted by atomic mass is 16.4. The molecule has 0 saturated carbocycles. The molecule has 2 aromatic carbocycles. The lowest BCUT2D eigenvalue weighted by molar-refractivity contribution is -0.137. The van der Waals surface area contributed by atoms with Gasteiger partial charge in [-0.1, -0.05) is 30.3 Å². The second kappa shape index (κ2) is 4.87. The third-order valence-electron chi connectivity index (χ3n) is 2.73. The maximum absolute atomic E-state index is 10.7. The van der Waals surface area contributed by atoms with Crippen molar-refractivity contribution in [3.63, 3.8) is 0 Å². The molecule has 0 bridgehead atoms. The maximum atomic E-state index is 10.7. The Balaban J connectivity index is 2.50. The largest absolute Gasteiger partial charge is 0.507 e. The van der Waals surface area contributed by atoms with E-state index >= 15 is 0 Å². The summed E-state index contributed by atoms with van der Waals surface area (Å²) in [5, 5.41) is 20.4. The number of aliphatic carboxylic acids is 1. The third kappa shape index (κ3) is 2.32. The first kappa shape index (κ1) is 12.1. The summed E-state index contributed by atoms with van der Waals surface area (Å²) in [6.07, 6.45) is 1.41. The van der Waals surface area contributed by atoms with Crippen molar-refractivity contribution in [3.8, 4) is 5.75 Å². The van der Waals surface area contributed by atoms with Crippen LogP contribution < -0.4 is 0 Å². The Morgan fingerprint density at radius 1 is 1.28 bits per heavy atom. The number of fused-ring (bicyclic) bond motifs is 1. The van der Waals surface area contributed by atoms with Crippen LogP contribution in [-0.4, -0.2) is 28.4 Å². The van der Waals surface area contributed by atoms with E-state index in [0.717, 1.165) is 10.8 Å². The van der Waals surface area contributed by atoms with Gasteiger partial charge in [-0.15, -0.1) is 0 Å². The molecule has 0 saturated heterocycles. The molecule has 4 heteroatoms. The number of carboxylic acid groups (broad SMARTS) is 1. The highest BCUT2D eigenvalue weighted by Crippen LogP contribution is 2.25. The summed E-state index contributed by atoms with van der Waals surface area (Å²) < 4.78 is 0. The van der Waals surface area contributed by atoms with Crippen LogP contribution in [0.15, 0.2) is 41.4 Å². The Kier molecular flexibility index (Phi) is 3.28. The molecule has 0 aliphatic rings. The molecule has 0 spiro atoms. The number of aliphatic imine (C=N–C) groups is 1. The number of phenols is 1. The number of aromatic hydroxyl groups is 1. The monoisotopic (exact) mass is 243 g/mol. The molecule has 0 radical (unpaired) electrons. The Morgan fingerprint density at radius 2 is 2.00 bits per heavy atom. The van der Waals surface area contributed by atoms with Gasteiger partial charge in [-0.2, -0.15) is 0 Å². The minimum Gasteiger partial charge on any atom is -0.507 e. The predicted molar refractivity (Wildman–Crippen MR) is 70.3 cm³/mol. The van der Waals surface area contributed by atoms with Crippen LogP contribution in [0.4, 0.5) is 0 Å². The molecule has 1 atom stereocenters. The summed E-state index contributed by atoms with van der Waals surface area (Å²) in [5.74, 6) is -0.902. The Labute approximate surface area is 104 Å². The number of nitrogens with zero attached hydrogens (tertiary/aromatic N) is 1. The van der Waals surface area contributed by atoms with Crippen LogP contribution in [0.25, 0.3) is 10.8 Å². The van der Waals surface area contributed by atoms with E-state index in [4.69, 9.17) is 5.11 Å². The first-order valence-corrected chi connectivity index (χ1v) is 5.56. The molecule has 0 aromatic heterocycles. The molecule has 0 amide bonds. The minimum absolute atomic E-state index is 0.0926. The Bertz CT molecular complexity index is 619. The zero-order valence-electron chi connectivity index (χ0n) is 9.87. The van der Waals surface area contributed by atoms with Crippen LogP contribution in [-0.2, 0) is 4.79 Å². The van der Waals surface area contributed by atoms with E-state index in [1.54, 1.807) is 6.07 Å². The van der Waals surface area contributed by atoms with Gasteiger partial charge in [0.1, 0.15) is 11.8 Å². The van der Waals surface area contributed by atoms with Gasteiger partial charge in [-0.25, -0.2) is 4.79 Å². The van der Waals surface area contributed by atoms with Crippen LogP contribution >= 0.6 is 0 Å². The van der Waals surface area contributed by atoms with E-state index in [1.807, 2.05) is 30.3 Å². The molecule has 2 aromatic rings. The van der Waals surface area contributed by atoms with Crippen LogP contribution in [0, 0.1) is 0 Å². The summed E-state index contributed by atoms with van der Waals surface area (Å²) in [7, 11) is 0. The lowest BCUT2D eigenvalue weighted by atomic mass is 10.0. The maximum Gasteiger partial charge on any atom is 0.328 e. The van der Waals surface area contributed by atoms with Crippen LogP contribution in [0.1, 0.15) is 12.5 Å². The van der Waals surface area contributed by atoms with Crippen molar-refractivity contribution < 1.29 is 15.0 Å². The van der Waals surface area contributed by atoms with Crippen molar-refractivity contribution in [2.45, 2.75) is 13.0 Å². The molecule has 0 heterocycles. The topological polar surface area (TPSA) is 69.9 Å². The van der Waals surface area contributed by atoms with Crippen molar-refractivity contribution in [1.82, 2.24) is 0 Å². The smallest absolute Gasteiger partial charge is 0.328 e. The number of carbonyl (C=O) groups is 1. The molecular weight excluding hydrogens is 230 g/mol. The van der Waals surface area contributed by atoms with Gasteiger partial charge in [-0.3, -0.25) is 4.99 Å². The van der Waals surface area contributed by atoms with Crippen molar-refractivity contribution in [2.24, 2.45) is 4.99 Å². The highest BCUT2D eigenvalue weighted by Gasteiger charge is 2.09. The average molecular weight is 243 g/mol. The number of benzene rings is 2. The number of rotatable bonds is 3. The summed E-state index contributed by atoms with van der Waals surface area (Å²) in [6, 6.07) is 10.1. The molecule has 92 valence electrons. The van der Waals surface area contributed by atoms with Crippen molar-refractivity contribution in [2.75, 3.05) is 0 Å². The molecular formula is C14H13NO3. The SMILES string of the molecule is C[C@H](N=Cc1c(O)ccc2ccccc12)C(=O)O. The molecule has 2 N–H and O–H groups in total. The minimum atomic E-state index is -0.994. The van der Waals surface area contributed by atoms with E-state index in [2.05, 4.69) is 4.99 Å². The zero-order chi connectivity index (χ0) is 13.1. The second-order valence-corrected chi connectivity index (χ2v) is 4.01. The van der Waals surface area contributed by atoms with Gasteiger partial charge in [0.2, 0.25) is 0 Å².